The predicted octanol–water partition coefficient (Wildman–Crippen LogP) is 3.90. The Morgan fingerprint density at radius 3 is 2.36 bits per heavy atom. The van der Waals surface area contributed by atoms with Gasteiger partial charge in [-0.1, -0.05) is 19.4 Å². The molecule has 2 amide bonds. The van der Waals surface area contributed by atoms with Gasteiger partial charge in [-0.05, 0) is 59.1 Å². The van der Waals surface area contributed by atoms with Crippen molar-refractivity contribution in [2.45, 2.75) is 73.0 Å². The van der Waals surface area contributed by atoms with Crippen LogP contribution in [0.3, 0.4) is 0 Å². The molecule has 1 N–H and O–H groups in total. The molecule has 1 aromatic heterocycles. The maximum atomic E-state index is 12.9. The van der Waals surface area contributed by atoms with E-state index in [1.165, 1.54) is 0 Å². The van der Waals surface area contributed by atoms with Crippen molar-refractivity contribution in [3.05, 3.63) is 35.8 Å². The summed E-state index contributed by atoms with van der Waals surface area (Å²) in [4.78, 5) is 27.3. The molecule has 0 aliphatic carbocycles. The zero-order valence-corrected chi connectivity index (χ0v) is 16.6. The van der Waals surface area contributed by atoms with Gasteiger partial charge < -0.3 is 14.6 Å². The lowest BCUT2D eigenvalue weighted by molar-refractivity contribution is -0.139. The maximum absolute atomic E-state index is 12.9. The van der Waals surface area contributed by atoms with E-state index in [4.69, 9.17) is 4.42 Å². The number of rotatable bonds is 7. The van der Waals surface area contributed by atoms with Crippen LogP contribution in [0.1, 0.15) is 60.6 Å². The van der Waals surface area contributed by atoms with Crippen molar-refractivity contribution in [1.29, 1.82) is 0 Å². The van der Waals surface area contributed by atoms with Crippen LogP contribution in [0, 0.1) is 5.92 Å². The Balaban J connectivity index is 3.18. The predicted molar refractivity (Wildman–Crippen MR) is 99.8 cm³/mol. The van der Waals surface area contributed by atoms with Gasteiger partial charge in [0.2, 0.25) is 11.8 Å². The molecule has 0 saturated heterocycles. The second kappa shape index (κ2) is 8.88. The van der Waals surface area contributed by atoms with Crippen molar-refractivity contribution in [1.82, 2.24) is 10.2 Å². The summed E-state index contributed by atoms with van der Waals surface area (Å²) >= 11 is 0. The Morgan fingerprint density at radius 2 is 1.92 bits per heavy atom. The van der Waals surface area contributed by atoms with Crippen LogP contribution < -0.4 is 5.32 Å². The molecule has 1 heterocycles. The molecule has 140 valence electrons. The van der Waals surface area contributed by atoms with Gasteiger partial charge in [-0.2, -0.15) is 0 Å². The second-order valence-corrected chi connectivity index (χ2v) is 8.15. The third kappa shape index (κ3) is 7.59. The molecule has 5 nitrogen and oxygen atoms in total. The van der Waals surface area contributed by atoms with E-state index < -0.39 is 6.04 Å². The van der Waals surface area contributed by atoms with E-state index in [0.717, 1.165) is 5.57 Å². The number of hydrogen-bond donors (Lipinski definition) is 1. The number of nitrogens with zero attached hydrogens (tertiary/aromatic N) is 1. The molecule has 0 aliphatic rings. The first-order valence-electron chi connectivity index (χ1n) is 8.79. The van der Waals surface area contributed by atoms with Crippen molar-refractivity contribution >= 4 is 11.8 Å². The molecule has 1 rings (SSSR count). The first-order chi connectivity index (χ1) is 11.5. The molecule has 1 aromatic rings. The summed E-state index contributed by atoms with van der Waals surface area (Å²) in [7, 11) is 0. The SMILES string of the molecule is CC(C)=CC(=O)N(Cc1ccco1)C(CC(C)C)C(=O)NC(C)(C)C. The molecule has 1 unspecified atom stereocenters. The topological polar surface area (TPSA) is 62.6 Å². The average molecular weight is 348 g/mol. The minimum absolute atomic E-state index is 0.136. The van der Waals surface area contributed by atoms with Gasteiger partial charge in [0, 0.05) is 11.6 Å². The Labute approximate surface area is 151 Å². The Bertz CT molecular complexity index is 591. The molecule has 1 atom stereocenters. The standard InChI is InChI=1S/C20H32N2O3/c1-14(2)11-17(19(24)21-20(5,6)7)22(18(23)12-15(3)4)13-16-9-8-10-25-16/h8-10,12,14,17H,11,13H2,1-7H3,(H,21,24). The van der Waals surface area contributed by atoms with Gasteiger partial charge in [-0.15, -0.1) is 0 Å². The van der Waals surface area contributed by atoms with Crippen molar-refractivity contribution in [3.8, 4) is 0 Å². The van der Waals surface area contributed by atoms with E-state index in [0.29, 0.717) is 12.2 Å². The van der Waals surface area contributed by atoms with Crippen LogP contribution in [0.4, 0.5) is 0 Å². The largest absolute Gasteiger partial charge is 0.467 e. The number of carbonyl (C=O) groups excluding carboxylic acids is 2. The molecular formula is C20H32N2O3. The normalized spacial score (nSPS) is 12.6. The highest BCUT2D eigenvalue weighted by atomic mass is 16.3. The van der Waals surface area contributed by atoms with Crippen molar-refractivity contribution in [2.75, 3.05) is 0 Å². The van der Waals surface area contributed by atoms with Crippen LogP contribution in [0.5, 0.6) is 0 Å². The summed E-state index contributed by atoms with van der Waals surface area (Å²) in [5, 5.41) is 3.01. The summed E-state index contributed by atoms with van der Waals surface area (Å²) in [6.45, 7) is 13.9. The quantitative estimate of drug-likeness (QED) is 0.760. The summed E-state index contributed by atoms with van der Waals surface area (Å²) in [5.41, 5.74) is 0.538. The van der Waals surface area contributed by atoms with E-state index in [-0.39, 0.29) is 29.8 Å². The van der Waals surface area contributed by atoms with Gasteiger partial charge in [-0.25, -0.2) is 0 Å². The molecule has 0 radical (unpaired) electrons. The first-order valence-corrected chi connectivity index (χ1v) is 8.79. The minimum Gasteiger partial charge on any atom is -0.467 e. The highest BCUT2D eigenvalue weighted by molar-refractivity contribution is 5.93. The zero-order valence-electron chi connectivity index (χ0n) is 16.6. The molecule has 25 heavy (non-hydrogen) atoms. The Hall–Kier alpha value is -2.04. The van der Waals surface area contributed by atoms with Crippen molar-refractivity contribution in [2.24, 2.45) is 5.92 Å². The third-order valence-corrected chi connectivity index (χ3v) is 3.47. The van der Waals surface area contributed by atoms with Crippen LogP contribution in [0.2, 0.25) is 0 Å². The number of nitrogens with one attached hydrogen (secondary N) is 1. The molecule has 0 bridgehead atoms. The minimum atomic E-state index is -0.549. The van der Waals surface area contributed by atoms with Gasteiger partial charge in [0.25, 0.3) is 0 Å². The van der Waals surface area contributed by atoms with Crippen LogP contribution in [0.25, 0.3) is 0 Å². The molecule has 0 spiro atoms. The lowest BCUT2D eigenvalue weighted by Crippen LogP contribution is -2.53. The van der Waals surface area contributed by atoms with E-state index in [1.54, 1.807) is 23.3 Å². The van der Waals surface area contributed by atoms with Gasteiger partial charge in [0.15, 0.2) is 0 Å². The molecule has 0 fully saturated rings. The van der Waals surface area contributed by atoms with E-state index in [1.807, 2.05) is 54.5 Å². The average Bonchev–Trinajstić information content (AvgIpc) is 2.92. The number of amides is 2. The van der Waals surface area contributed by atoms with Crippen LogP contribution in [-0.4, -0.2) is 28.3 Å². The fraction of sp³-hybridized carbons (Fsp3) is 0.600. The smallest absolute Gasteiger partial charge is 0.247 e. The van der Waals surface area contributed by atoms with Crippen molar-refractivity contribution < 1.29 is 14.0 Å². The molecular weight excluding hydrogens is 316 g/mol. The van der Waals surface area contributed by atoms with Gasteiger partial charge in [0.05, 0.1) is 12.8 Å². The number of allylic oxidation sites excluding steroid dienone is 1. The highest BCUT2D eigenvalue weighted by Crippen LogP contribution is 2.18. The lowest BCUT2D eigenvalue weighted by Gasteiger charge is -2.33. The zero-order chi connectivity index (χ0) is 19.2. The molecule has 0 saturated carbocycles. The molecule has 0 aromatic carbocycles. The summed E-state index contributed by atoms with van der Waals surface area (Å²) in [6, 6.07) is 3.05. The van der Waals surface area contributed by atoms with Gasteiger partial charge in [0.1, 0.15) is 11.8 Å². The monoisotopic (exact) mass is 348 g/mol. The van der Waals surface area contributed by atoms with E-state index in [9.17, 15) is 9.59 Å². The number of furan rings is 1. The highest BCUT2D eigenvalue weighted by Gasteiger charge is 2.32. The van der Waals surface area contributed by atoms with E-state index >= 15 is 0 Å². The van der Waals surface area contributed by atoms with Crippen molar-refractivity contribution in [3.63, 3.8) is 0 Å². The number of hydrogen-bond acceptors (Lipinski definition) is 3. The second-order valence-electron chi connectivity index (χ2n) is 8.15. The first kappa shape index (κ1) is 21.0. The van der Waals surface area contributed by atoms with Gasteiger partial charge >= 0.3 is 0 Å². The Morgan fingerprint density at radius 1 is 1.28 bits per heavy atom. The van der Waals surface area contributed by atoms with Crippen LogP contribution in [-0.2, 0) is 16.1 Å². The maximum Gasteiger partial charge on any atom is 0.247 e. The fourth-order valence-electron chi connectivity index (χ4n) is 2.52. The fourth-order valence-corrected chi connectivity index (χ4v) is 2.52. The third-order valence-electron chi connectivity index (χ3n) is 3.47. The lowest BCUT2D eigenvalue weighted by atomic mass is 9.99. The van der Waals surface area contributed by atoms with E-state index in [2.05, 4.69) is 5.32 Å². The van der Waals surface area contributed by atoms with Gasteiger partial charge in [-0.3, -0.25) is 9.59 Å². The molecule has 5 heteroatoms. The van der Waals surface area contributed by atoms with Crippen LogP contribution in [0.15, 0.2) is 34.5 Å². The summed E-state index contributed by atoms with van der Waals surface area (Å²) in [5.74, 6) is 0.622. The summed E-state index contributed by atoms with van der Waals surface area (Å²) < 4.78 is 5.41. The molecule has 0 aliphatic heterocycles. The number of carbonyl (C=O) groups is 2. The Kier molecular flexibility index (Phi) is 7.46. The van der Waals surface area contributed by atoms with Crippen LogP contribution >= 0.6 is 0 Å². The summed E-state index contributed by atoms with van der Waals surface area (Å²) in [6.07, 6.45) is 3.73.